The smallest absolute Gasteiger partial charge is 0.0991 e. The summed E-state index contributed by atoms with van der Waals surface area (Å²) in [5.41, 5.74) is 7.55. The maximum atomic E-state index is 9.62. The van der Waals surface area contributed by atoms with E-state index >= 15 is 0 Å². The molecular weight excluding hydrogens is 394 g/mol. The van der Waals surface area contributed by atoms with Gasteiger partial charge >= 0.3 is 0 Å². The van der Waals surface area contributed by atoms with Crippen molar-refractivity contribution in [3.05, 3.63) is 118 Å². The van der Waals surface area contributed by atoms with E-state index in [1.807, 2.05) is 12.1 Å². The molecule has 4 aromatic carbocycles. The maximum absolute atomic E-state index is 9.62. The van der Waals surface area contributed by atoms with Crippen LogP contribution in [0.25, 0.3) is 11.1 Å². The molecule has 0 N–H and O–H groups in total. The highest BCUT2D eigenvalue weighted by Gasteiger charge is 2.50. The summed E-state index contributed by atoms with van der Waals surface area (Å²) >= 11 is 8.27. The van der Waals surface area contributed by atoms with Crippen molar-refractivity contribution in [2.24, 2.45) is 0 Å². The summed E-state index contributed by atoms with van der Waals surface area (Å²) in [4.78, 5) is 2.39. The van der Waals surface area contributed by atoms with E-state index in [9.17, 15) is 5.26 Å². The largest absolute Gasteiger partial charge is 0.192 e. The van der Waals surface area contributed by atoms with Crippen molar-refractivity contribution in [2.75, 3.05) is 0 Å². The van der Waals surface area contributed by atoms with E-state index in [0.29, 0.717) is 5.56 Å². The van der Waals surface area contributed by atoms with Crippen molar-refractivity contribution in [3.63, 3.8) is 0 Å². The maximum Gasteiger partial charge on any atom is 0.0991 e. The van der Waals surface area contributed by atoms with E-state index < -0.39 is 5.41 Å². The van der Waals surface area contributed by atoms with Gasteiger partial charge in [0.1, 0.15) is 0 Å². The summed E-state index contributed by atoms with van der Waals surface area (Å²) in [7, 11) is 0. The zero-order valence-electron chi connectivity index (χ0n) is 15.3. The zero-order valence-corrected chi connectivity index (χ0v) is 16.9. The molecule has 2 aliphatic rings. The highest BCUT2D eigenvalue weighted by molar-refractivity contribution is 7.99. The number of hydrogen-bond donors (Lipinski definition) is 0. The topological polar surface area (TPSA) is 23.8 Å². The monoisotopic (exact) mass is 407 g/mol. The SMILES string of the molecule is N#Cc1ccc2c(c1)C1(c3cc(Cl)ccc3S2)c2ccccc2-c2ccccc21. The first-order valence-corrected chi connectivity index (χ1v) is 10.6. The van der Waals surface area contributed by atoms with Crippen molar-refractivity contribution in [3.8, 4) is 17.2 Å². The molecule has 0 amide bonds. The van der Waals surface area contributed by atoms with Gasteiger partial charge in [0.05, 0.1) is 17.0 Å². The summed E-state index contributed by atoms with van der Waals surface area (Å²) in [6.45, 7) is 0. The third-order valence-electron chi connectivity index (χ3n) is 6.03. The number of rotatable bonds is 0. The molecule has 136 valence electrons. The number of benzene rings is 4. The Hall–Kier alpha value is -2.99. The molecule has 1 nitrogen and oxygen atoms in total. The lowest BCUT2D eigenvalue weighted by atomic mass is 9.67. The molecule has 1 spiro atoms. The van der Waals surface area contributed by atoms with Crippen molar-refractivity contribution < 1.29 is 0 Å². The first-order chi connectivity index (χ1) is 14.2. The van der Waals surface area contributed by atoms with Crippen LogP contribution in [0, 0.1) is 11.3 Å². The molecule has 1 aliphatic carbocycles. The molecule has 0 unspecified atom stereocenters. The summed E-state index contributed by atoms with van der Waals surface area (Å²) in [6, 6.07) is 31.8. The predicted octanol–water partition coefficient (Wildman–Crippen LogP) is 7.04. The molecule has 4 aromatic rings. The highest BCUT2D eigenvalue weighted by Crippen LogP contribution is 2.62. The van der Waals surface area contributed by atoms with E-state index in [-0.39, 0.29) is 0 Å². The van der Waals surface area contributed by atoms with Crippen LogP contribution in [-0.2, 0) is 5.41 Å². The van der Waals surface area contributed by atoms with Gasteiger partial charge in [-0.15, -0.1) is 0 Å². The van der Waals surface area contributed by atoms with Crippen LogP contribution in [0.2, 0.25) is 5.02 Å². The minimum absolute atomic E-state index is 0.471. The van der Waals surface area contributed by atoms with Gasteiger partial charge in [-0.1, -0.05) is 71.9 Å². The number of hydrogen-bond acceptors (Lipinski definition) is 2. The fourth-order valence-electron chi connectivity index (χ4n) is 4.94. The van der Waals surface area contributed by atoms with Crippen LogP contribution in [0.4, 0.5) is 0 Å². The zero-order chi connectivity index (χ0) is 19.6. The van der Waals surface area contributed by atoms with Crippen molar-refractivity contribution in [1.29, 1.82) is 5.26 Å². The van der Waals surface area contributed by atoms with Crippen LogP contribution in [0.15, 0.2) is 94.7 Å². The Morgan fingerprint density at radius 2 is 1.28 bits per heavy atom. The van der Waals surface area contributed by atoms with Gasteiger partial charge in [0.2, 0.25) is 0 Å². The van der Waals surface area contributed by atoms with Gasteiger partial charge < -0.3 is 0 Å². The third-order valence-corrected chi connectivity index (χ3v) is 7.42. The summed E-state index contributed by atoms with van der Waals surface area (Å²) < 4.78 is 0. The molecule has 1 heterocycles. The Balaban J connectivity index is 1.86. The molecule has 0 fully saturated rings. The van der Waals surface area contributed by atoms with E-state index in [4.69, 9.17) is 11.6 Å². The Morgan fingerprint density at radius 1 is 0.690 bits per heavy atom. The van der Waals surface area contributed by atoms with Crippen LogP contribution in [0.5, 0.6) is 0 Å². The molecule has 0 atom stereocenters. The second kappa shape index (κ2) is 6.00. The van der Waals surface area contributed by atoms with Crippen LogP contribution in [-0.4, -0.2) is 0 Å². The number of fused-ring (bicyclic) bond motifs is 9. The molecule has 3 heteroatoms. The van der Waals surface area contributed by atoms with Crippen molar-refractivity contribution in [2.45, 2.75) is 15.2 Å². The average Bonchev–Trinajstić information content (AvgIpc) is 3.06. The lowest BCUT2D eigenvalue weighted by molar-refractivity contribution is 0.722. The van der Waals surface area contributed by atoms with Crippen LogP contribution in [0.3, 0.4) is 0 Å². The number of halogens is 1. The molecule has 0 saturated carbocycles. The Morgan fingerprint density at radius 3 is 1.93 bits per heavy atom. The molecule has 0 saturated heterocycles. The van der Waals surface area contributed by atoms with E-state index in [0.717, 1.165) is 10.6 Å². The lowest BCUT2D eigenvalue weighted by Crippen LogP contribution is -2.32. The van der Waals surface area contributed by atoms with Crippen LogP contribution in [0.1, 0.15) is 27.8 Å². The fraction of sp³-hybridized carbons (Fsp3) is 0.0385. The van der Waals surface area contributed by atoms with Crippen molar-refractivity contribution >= 4 is 23.4 Å². The molecule has 6 rings (SSSR count). The Kier molecular flexibility index (Phi) is 3.50. The van der Waals surface area contributed by atoms with Gasteiger partial charge in [0, 0.05) is 14.8 Å². The number of nitrogens with zero attached hydrogens (tertiary/aromatic N) is 1. The van der Waals surface area contributed by atoms with E-state index in [1.165, 1.54) is 37.6 Å². The van der Waals surface area contributed by atoms with Crippen LogP contribution >= 0.6 is 23.4 Å². The molecular formula is C26H14ClNS. The summed E-state index contributed by atoms with van der Waals surface area (Å²) in [6.07, 6.45) is 0. The minimum Gasteiger partial charge on any atom is -0.192 e. The fourth-order valence-corrected chi connectivity index (χ4v) is 6.27. The van der Waals surface area contributed by atoms with Gasteiger partial charge in [-0.2, -0.15) is 5.26 Å². The number of nitriles is 1. The Bertz CT molecular complexity index is 1320. The third kappa shape index (κ3) is 2.12. The summed E-state index contributed by atoms with van der Waals surface area (Å²) in [5, 5.41) is 10.3. The standard InChI is InChI=1S/C26H14ClNS/c27-17-10-12-25-23(14-17)26(22-13-16(15-28)9-11-24(22)29-25)20-7-3-1-5-18(20)19-6-2-4-8-21(19)26/h1-14H. The predicted molar refractivity (Wildman–Crippen MR) is 118 cm³/mol. The quantitative estimate of drug-likeness (QED) is 0.269. The molecule has 1 aliphatic heterocycles. The van der Waals surface area contributed by atoms with E-state index in [1.54, 1.807) is 11.8 Å². The van der Waals surface area contributed by atoms with Gasteiger partial charge in [0.15, 0.2) is 0 Å². The summed E-state index contributed by atoms with van der Waals surface area (Å²) in [5.74, 6) is 0. The van der Waals surface area contributed by atoms with Gasteiger partial charge in [-0.25, -0.2) is 0 Å². The minimum atomic E-state index is -0.471. The first kappa shape index (κ1) is 16.9. The molecule has 0 aromatic heterocycles. The Labute approximate surface area is 178 Å². The molecule has 0 bridgehead atoms. The van der Waals surface area contributed by atoms with E-state index in [2.05, 4.69) is 78.9 Å². The van der Waals surface area contributed by atoms with Crippen LogP contribution < -0.4 is 0 Å². The molecule has 0 radical (unpaired) electrons. The normalized spacial score (nSPS) is 14.5. The van der Waals surface area contributed by atoms with Crippen molar-refractivity contribution in [1.82, 2.24) is 0 Å². The van der Waals surface area contributed by atoms with Gasteiger partial charge in [-0.3, -0.25) is 0 Å². The first-order valence-electron chi connectivity index (χ1n) is 9.45. The molecule has 29 heavy (non-hydrogen) atoms. The van der Waals surface area contributed by atoms with Gasteiger partial charge in [-0.05, 0) is 69.8 Å². The lowest BCUT2D eigenvalue weighted by Gasteiger charge is -2.39. The second-order valence-corrected chi connectivity index (χ2v) is 8.93. The highest BCUT2D eigenvalue weighted by atomic mass is 35.5. The van der Waals surface area contributed by atoms with Gasteiger partial charge in [0.25, 0.3) is 0 Å². The average molecular weight is 408 g/mol. The second-order valence-electron chi connectivity index (χ2n) is 7.41.